The van der Waals surface area contributed by atoms with E-state index < -0.39 is 4.92 Å². The highest BCUT2D eigenvalue weighted by Crippen LogP contribution is 2.21. The van der Waals surface area contributed by atoms with Crippen molar-refractivity contribution in [2.24, 2.45) is 5.92 Å². The van der Waals surface area contributed by atoms with Gasteiger partial charge in [0.15, 0.2) is 0 Å². The number of aromatic nitrogens is 1. The van der Waals surface area contributed by atoms with Crippen LogP contribution >= 0.6 is 0 Å². The second kappa shape index (κ2) is 6.15. The van der Waals surface area contributed by atoms with Gasteiger partial charge in [-0.3, -0.25) is 10.1 Å². The molecule has 0 fully saturated rings. The molecular weight excluding hydrogens is 236 g/mol. The molecule has 1 unspecified atom stereocenters. The molecule has 100 valence electrons. The molecule has 4 N–H and O–H groups in total. The molecule has 0 amide bonds. The van der Waals surface area contributed by atoms with Crippen LogP contribution in [0.15, 0.2) is 12.1 Å². The summed E-state index contributed by atoms with van der Waals surface area (Å²) in [6.45, 7) is 4.06. The van der Waals surface area contributed by atoms with Crippen molar-refractivity contribution >= 4 is 17.3 Å². The molecule has 0 saturated heterocycles. The summed E-state index contributed by atoms with van der Waals surface area (Å²) in [5.41, 5.74) is 5.27. The Balaban J connectivity index is 2.78. The Hall–Kier alpha value is -1.89. The minimum atomic E-state index is -0.580. The van der Waals surface area contributed by atoms with Crippen LogP contribution in [0.2, 0.25) is 0 Å². The van der Waals surface area contributed by atoms with Crippen LogP contribution in [0.25, 0.3) is 0 Å². The Morgan fingerprint density at radius 2 is 2.22 bits per heavy atom. The van der Waals surface area contributed by atoms with E-state index in [2.05, 4.69) is 10.3 Å². The number of nitrogens with zero attached hydrogens (tertiary/aromatic N) is 2. The minimum Gasteiger partial charge on any atom is -0.394 e. The summed E-state index contributed by atoms with van der Waals surface area (Å²) < 4.78 is 0. The zero-order chi connectivity index (χ0) is 13.7. The van der Waals surface area contributed by atoms with Crippen molar-refractivity contribution in [3.63, 3.8) is 0 Å². The first-order chi connectivity index (χ1) is 8.43. The van der Waals surface area contributed by atoms with Gasteiger partial charge in [-0.25, -0.2) is 4.98 Å². The summed E-state index contributed by atoms with van der Waals surface area (Å²) in [6.07, 6.45) is 0.773. The first-order valence-corrected chi connectivity index (χ1v) is 5.72. The van der Waals surface area contributed by atoms with Gasteiger partial charge in [0.05, 0.1) is 17.6 Å². The summed E-state index contributed by atoms with van der Waals surface area (Å²) in [4.78, 5) is 13.9. The molecule has 0 saturated carbocycles. The van der Waals surface area contributed by atoms with E-state index in [4.69, 9.17) is 5.73 Å². The normalized spacial score (nSPS) is 12.4. The highest BCUT2D eigenvalue weighted by Gasteiger charge is 2.15. The minimum absolute atomic E-state index is 0.0310. The second-order valence-electron chi connectivity index (χ2n) is 4.51. The molecule has 0 bridgehead atoms. The van der Waals surface area contributed by atoms with Crippen molar-refractivity contribution in [2.45, 2.75) is 26.3 Å². The lowest BCUT2D eigenvalue weighted by Crippen LogP contribution is -2.26. The number of pyridine rings is 1. The number of aliphatic hydroxyl groups is 1. The lowest BCUT2D eigenvalue weighted by Gasteiger charge is -2.18. The topological polar surface area (TPSA) is 114 Å². The van der Waals surface area contributed by atoms with Crippen molar-refractivity contribution in [3.05, 3.63) is 22.2 Å². The molecule has 1 aromatic heterocycles. The fraction of sp³-hybridized carbons (Fsp3) is 0.545. The van der Waals surface area contributed by atoms with Gasteiger partial charge in [0.25, 0.3) is 0 Å². The third-order valence-electron chi connectivity index (χ3n) is 2.43. The molecule has 7 heteroatoms. The monoisotopic (exact) mass is 254 g/mol. The van der Waals surface area contributed by atoms with E-state index >= 15 is 0 Å². The van der Waals surface area contributed by atoms with Gasteiger partial charge in [0.1, 0.15) is 5.82 Å². The summed E-state index contributed by atoms with van der Waals surface area (Å²) in [5, 5.41) is 22.8. The average Bonchev–Trinajstić information content (AvgIpc) is 2.27. The largest absolute Gasteiger partial charge is 0.394 e. The van der Waals surface area contributed by atoms with Crippen LogP contribution in [0.3, 0.4) is 0 Å². The first kappa shape index (κ1) is 14.2. The van der Waals surface area contributed by atoms with E-state index in [1.54, 1.807) is 0 Å². The number of rotatable bonds is 6. The fourth-order valence-electron chi connectivity index (χ4n) is 1.66. The van der Waals surface area contributed by atoms with Gasteiger partial charge in [0.2, 0.25) is 5.82 Å². The maximum Gasteiger partial charge on any atom is 0.311 e. The molecule has 1 heterocycles. The van der Waals surface area contributed by atoms with Gasteiger partial charge in [-0.15, -0.1) is 0 Å². The SMILES string of the molecule is CC(C)CC(CO)Nc1ccc([N+](=O)[O-])c(N)n1. The van der Waals surface area contributed by atoms with Gasteiger partial charge in [-0.05, 0) is 18.4 Å². The van der Waals surface area contributed by atoms with Gasteiger partial charge in [0, 0.05) is 6.07 Å². The zero-order valence-electron chi connectivity index (χ0n) is 10.5. The second-order valence-corrected chi connectivity index (χ2v) is 4.51. The molecule has 0 spiro atoms. The van der Waals surface area contributed by atoms with Crippen LogP contribution in [0, 0.1) is 16.0 Å². The Labute approximate surface area is 105 Å². The molecule has 0 aromatic carbocycles. The number of nitrogens with two attached hydrogens (primary N) is 1. The van der Waals surface area contributed by atoms with Crippen molar-refractivity contribution in [2.75, 3.05) is 17.7 Å². The predicted molar refractivity (Wildman–Crippen MR) is 69.3 cm³/mol. The Kier molecular flexibility index (Phi) is 4.85. The van der Waals surface area contributed by atoms with Crippen molar-refractivity contribution < 1.29 is 10.0 Å². The van der Waals surface area contributed by atoms with E-state index in [9.17, 15) is 15.2 Å². The molecule has 1 rings (SSSR count). The van der Waals surface area contributed by atoms with Gasteiger partial charge in [-0.1, -0.05) is 13.8 Å². The quantitative estimate of drug-likeness (QED) is 0.522. The Bertz CT molecular complexity index is 423. The summed E-state index contributed by atoms with van der Waals surface area (Å²) >= 11 is 0. The molecule has 0 aliphatic carbocycles. The molecular formula is C11H18N4O3. The lowest BCUT2D eigenvalue weighted by atomic mass is 10.0. The molecule has 1 atom stereocenters. The Morgan fingerprint density at radius 1 is 1.56 bits per heavy atom. The molecule has 0 aliphatic rings. The number of hydrogen-bond acceptors (Lipinski definition) is 6. The maximum absolute atomic E-state index is 10.6. The van der Waals surface area contributed by atoms with E-state index in [0.29, 0.717) is 11.7 Å². The number of hydrogen-bond donors (Lipinski definition) is 3. The van der Waals surface area contributed by atoms with Crippen molar-refractivity contribution in [1.82, 2.24) is 4.98 Å². The van der Waals surface area contributed by atoms with E-state index in [-0.39, 0.29) is 24.2 Å². The molecule has 18 heavy (non-hydrogen) atoms. The number of nitro groups is 1. The van der Waals surface area contributed by atoms with Gasteiger partial charge >= 0.3 is 5.69 Å². The summed E-state index contributed by atoms with van der Waals surface area (Å²) in [7, 11) is 0. The van der Waals surface area contributed by atoms with Gasteiger partial charge < -0.3 is 16.2 Å². The molecule has 0 aliphatic heterocycles. The fourth-order valence-corrected chi connectivity index (χ4v) is 1.66. The van der Waals surface area contributed by atoms with Crippen LogP contribution in [0.4, 0.5) is 17.3 Å². The van der Waals surface area contributed by atoms with E-state index in [1.807, 2.05) is 13.8 Å². The smallest absolute Gasteiger partial charge is 0.311 e. The lowest BCUT2D eigenvalue weighted by molar-refractivity contribution is -0.384. The van der Waals surface area contributed by atoms with Crippen molar-refractivity contribution in [3.8, 4) is 0 Å². The zero-order valence-corrected chi connectivity index (χ0v) is 10.5. The maximum atomic E-state index is 10.6. The number of aliphatic hydroxyl groups excluding tert-OH is 1. The molecule has 0 radical (unpaired) electrons. The van der Waals surface area contributed by atoms with Crippen molar-refractivity contribution in [1.29, 1.82) is 0 Å². The summed E-state index contributed by atoms with van der Waals surface area (Å²) in [6, 6.07) is 2.64. The first-order valence-electron chi connectivity index (χ1n) is 5.72. The third kappa shape index (κ3) is 3.85. The number of nitrogens with one attached hydrogen (secondary N) is 1. The van der Waals surface area contributed by atoms with Crippen LogP contribution < -0.4 is 11.1 Å². The average molecular weight is 254 g/mol. The summed E-state index contributed by atoms with van der Waals surface area (Å²) in [5.74, 6) is 0.717. The Morgan fingerprint density at radius 3 is 2.67 bits per heavy atom. The van der Waals surface area contributed by atoms with Crippen LogP contribution in [0.5, 0.6) is 0 Å². The van der Waals surface area contributed by atoms with Crippen LogP contribution in [0.1, 0.15) is 20.3 Å². The number of nitrogen functional groups attached to an aromatic ring is 1. The highest BCUT2D eigenvalue weighted by molar-refractivity contribution is 5.57. The predicted octanol–water partition coefficient (Wildman–Crippen LogP) is 1.39. The van der Waals surface area contributed by atoms with Gasteiger partial charge in [-0.2, -0.15) is 0 Å². The van der Waals surface area contributed by atoms with Crippen LogP contribution in [-0.4, -0.2) is 27.7 Å². The third-order valence-corrected chi connectivity index (χ3v) is 2.43. The molecule has 7 nitrogen and oxygen atoms in total. The molecule has 1 aromatic rings. The standard InChI is InChI=1S/C11H18N4O3/c1-7(2)5-8(6-16)13-10-4-3-9(15(17)18)11(12)14-10/h3-4,7-8,16H,5-6H2,1-2H3,(H3,12,13,14). The van der Waals surface area contributed by atoms with E-state index in [0.717, 1.165) is 6.42 Å². The number of anilines is 2. The van der Waals surface area contributed by atoms with Crippen LogP contribution in [-0.2, 0) is 0 Å². The van der Waals surface area contributed by atoms with E-state index in [1.165, 1.54) is 12.1 Å². The highest BCUT2D eigenvalue weighted by atomic mass is 16.6.